The Hall–Kier alpha value is -4.62. The van der Waals surface area contributed by atoms with E-state index in [9.17, 15) is 0 Å². The number of allylic oxidation sites excluding steroid dienone is 12. The van der Waals surface area contributed by atoms with Crippen LogP contribution in [0.1, 0.15) is 30.5 Å². The van der Waals surface area contributed by atoms with Crippen LogP contribution in [-0.2, 0) is 0 Å². The summed E-state index contributed by atoms with van der Waals surface area (Å²) >= 11 is 0. The van der Waals surface area contributed by atoms with Crippen molar-refractivity contribution >= 4 is 29.0 Å². The van der Waals surface area contributed by atoms with E-state index in [2.05, 4.69) is 160 Å². The lowest BCUT2D eigenvalue weighted by Crippen LogP contribution is -2.25. The summed E-state index contributed by atoms with van der Waals surface area (Å²) in [6.07, 6.45) is 21.4. The van der Waals surface area contributed by atoms with E-state index < -0.39 is 0 Å². The van der Waals surface area contributed by atoms with Crippen LogP contribution in [0.4, 0.5) is 5.69 Å². The predicted octanol–water partition coefficient (Wildman–Crippen LogP) is 8.32. The highest BCUT2D eigenvalue weighted by atomic mass is 15.1. The summed E-state index contributed by atoms with van der Waals surface area (Å²) < 4.78 is 0. The van der Waals surface area contributed by atoms with Crippen LogP contribution in [0.15, 0.2) is 146 Å². The molecule has 39 heavy (non-hydrogen) atoms. The minimum atomic E-state index is 0.932. The second kappa shape index (κ2) is 13.3. The lowest BCUT2D eigenvalue weighted by Gasteiger charge is -2.26. The number of hydrogen-bond acceptors (Lipinski definition) is 1. The van der Waals surface area contributed by atoms with Crippen molar-refractivity contribution in [3.8, 4) is 0 Å². The number of anilines is 1. The van der Waals surface area contributed by atoms with E-state index in [1.807, 2.05) is 12.1 Å². The minimum Gasteiger partial charge on any atom is -0.348 e. The van der Waals surface area contributed by atoms with Gasteiger partial charge in [-0.15, -0.1) is 0 Å². The molecule has 1 nitrogen and oxygen atoms in total. The Kier molecular flexibility index (Phi) is 9.32. The van der Waals surface area contributed by atoms with Crippen LogP contribution in [0.25, 0.3) is 23.3 Å². The maximum absolute atomic E-state index is 4.32. The zero-order valence-corrected chi connectivity index (χ0v) is 23.3. The van der Waals surface area contributed by atoms with Crippen LogP contribution in [0, 0.1) is 6.92 Å². The number of benzene rings is 3. The number of hydrogen-bond donors (Lipinski definition) is 0. The van der Waals surface area contributed by atoms with Gasteiger partial charge in [0.15, 0.2) is 0 Å². The molecule has 0 aliphatic carbocycles. The summed E-state index contributed by atoms with van der Waals surface area (Å²) in [5.74, 6) is 0. The molecule has 1 aliphatic heterocycles. The topological polar surface area (TPSA) is 3.24 Å². The first-order valence-electron chi connectivity index (χ1n) is 13.5. The molecule has 1 heteroatoms. The molecule has 1 aliphatic rings. The normalized spacial score (nSPS) is 15.8. The number of para-hydroxylation sites is 1. The summed E-state index contributed by atoms with van der Waals surface area (Å²) in [4.78, 5) is 2.28. The van der Waals surface area contributed by atoms with Crippen LogP contribution in [0.5, 0.6) is 0 Å². The van der Waals surface area contributed by atoms with Crippen LogP contribution in [-0.4, -0.2) is 6.54 Å². The van der Waals surface area contributed by atoms with Gasteiger partial charge in [0, 0.05) is 24.0 Å². The van der Waals surface area contributed by atoms with Crippen molar-refractivity contribution in [1.82, 2.24) is 0 Å². The predicted molar refractivity (Wildman–Crippen MR) is 173 cm³/mol. The highest BCUT2D eigenvalue weighted by molar-refractivity contribution is 5.88. The largest absolute Gasteiger partial charge is 0.348 e. The van der Waals surface area contributed by atoms with E-state index >= 15 is 0 Å². The van der Waals surface area contributed by atoms with Gasteiger partial charge >= 0.3 is 0 Å². The van der Waals surface area contributed by atoms with Gasteiger partial charge in [0.05, 0.1) is 0 Å². The Morgan fingerprint density at radius 2 is 1.62 bits per heavy atom. The standard InChI is InChI=1S/C38H37N/c1-6-15-31(34-19-11-9-17-29(34)4)23-24-32(36(16-7-2)35-20-12-10-18-30(35)5)25-26-33-27-28-39(8-3)38-22-14-13-21-37(33)38/h6-7,9-28H,1,5,8H2,2-4H3/b16-7-,24-23?,31-15-,32-25?,33-26?,36-35+. The Morgan fingerprint density at radius 1 is 0.872 bits per heavy atom. The van der Waals surface area contributed by atoms with Gasteiger partial charge < -0.3 is 4.90 Å². The van der Waals surface area contributed by atoms with Gasteiger partial charge in [-0.05, 0) is 76.8 Å². The molecular formula is C38H37N. The summed E-state index contributed by atoms with van der Waals surface area (Å²) in [5, 5.41) is 2.12. The summed E-state index contributed by atoms with van der Waals surface area (Å²) in [7, 11) is 0. The molecule has 0 amide bonds. The van der Waals surface area contributed by atoms with Crippen molar-refractivity contribution in [1.29, 1.82) is 0 Å². The Morgan fingerprint density at radius 3 is 2.36 bits per heavy atom. The second-order valence-electron chi connectivity index (χ2n) is 9.44. The molecule has 0 radical (unpaired) electrons. The van der Waals surface area contributed by atoms with Crippen molar-refractivity contribution in [2.45, 2.75) is 20.8 Å². The van der Waals surface area contributed by atoms with Crippen LogP contribution in [0.3, 0.4) is 0 Å². The number of nitrogens with zero attached hydrogens (tertiary/aromatic N) is 1. The highest BCUT2D eigenvalue weighted by Crippen LogP contribution is 2.33. The monoisotopic (exact) mass is 507 g/mol. The molecule has 0 aromatic heterocycles. The smallest absolute Gasteiger partial charge is 0.0485 e. The Bertz CT molecular complexity index is 1640. The van der Waals surface area contributed by atoms with E-state index in [0.717, 1.165) is 33.7 Å². The van der Waals surface area contributed by atoms with Crippen molar-refractivity contribution in [3.63, 3.8) is 0 Å². The minimum absolute atomic E-state index is 0.932. The van der Waals surface area contributed by atoms with E-state index in [4.69, 9.17) is 0 Å². The van der Waals surface area contributed by atoms with Crippen molar-refractivity contribution in [2.75, 3.05) is 11.4 Å². The molecule has 0 N–H and O–H groups in total. The van der Waals surface area contributed by atoms with Gasteiger partial charge in [-0.1, -0.05) is 128 Å². The van der Waals surface area contributed by atoms with E-state index in [1.165, 1.54) is 28.0 Å². The molecule has 0 saturated heterocycles. The molecule has 4 rings (SSSR count). The maximum Gasteiger partial charge on any atom is 0.0485 e. The fourth-order valence-electron chi connectivity index (χ4n) is 4.87. The van der Waals surface area contributed by atoms with Gasteiger partial charge in [-0.25, -0.2) is 0 Å². The number of fused-ring (bicyclic) bond motifs is 1. The molecule has 0 saturated carbocycles. The fourth-order valence-corrected chi connectivity index (χ4v) is 4.87. The zero-order chi connectivity index (χ0) is 27.6. The SMILES string of the molecule is C=C/C=C(/C=CC(=CC=C1C=CN(CC)c2ccccc21)C(/C=C\C)=c1\ccccc1=C)c1ccccc1C. The third kappa shape index (κ3) is 6.45. The van der Waals surface area contributed by atoms with E-state index in [1.54, 1.807) is 0 Å². The van der Waals surface area contributed by atoms with Gasteiger partial charge in [0.1, 0.15) is 0 Å². The molecule has 3 aromatic rings. The van der Waals surface area contributed by atoms with Crippen LogP contribution >= 0.6 is 0 Å². The average molecular weight is 508 g/mol. The quantitative estimate of drug-likeness (QED) is 0.277. The van der Waals surface area contributed by atoms with Gasteiger partial charge in [0.2, 0.25) is 0 Å². The molecular weight excluding hydrogens is 470 g/mol. The first-order valence-corrected chi connectivity index (χ1v) is 13.5. The molecule has 0 unspecified atom stereocenters. The molecule has 0 fully saturated rings. The van der Waals surface area contributed by atoms with Crippen molar-refractivity contribution in [2.24, 2.45) is 0 Å². The van der Waals surface area contributed by atoms with Crippen LogP contribution < -0.4 is 15.3 Å². The van der Waals surface area contributed by atoms with Gasteiger partial charge in [0.25, 0.3) is 0 Å². The zero-order valence-electron chi connectivity index (χ0n) is 23.3. The third-order valence-corrected chi connectivity index (χ3v) is 6.89. The molecule has 0 bridgehead atoms. The van der Waals surface area contributed by atoms with E-state index in [0.29, 0.717) is 0 Å². The first kappa shape index (κ1) is 27.4. The summed E-state index contributed by atoms with van der Waals surface area (Å²) in [5.41, 5.74) is 9.42. The second-order valence-corrected chi connectivity index (χ2v) is 9.44. The highest BCUT2D eigenvalue weighted by Gasteiger charge is 2.14. The van der Waals surface area contributed by atoms with Crippen molar-refractivity contribution < 1.29 is 0 Å². The lowest BCUT2D eigenvalue weighted by atomic mass is 9.95. The van der Waals surface area contributed by atoms with Crippen LogP contribution in [0.2, 0.25) is 0 Å². The molecule has 0 spiro atoms. The molecule has 3 aromatic carbocycles. The number of rotatable bonds is 8. The maximum atomic E-state index is 4.32. The van der Waals surface area contributed by atoms with Gasteiger partial charge in [-0.3, -0.25) is 0 Å². The fraction of sp³-hybridized carbons (Fsp3) is 0.105. The van der Waals surface area contributed by atoms with Gasteiger partial charge in [-0.2, -0.15) is 0 Å². The van der Waals surface area contributed by atoms with E-state index in [-0.39, 0.29) is 0 Å². The molecule has 1 heterocycles. The first-order chi connectivity index (χ1) is 19.1. The Labute approximate surface area is 233 Å². The average Bonchev–Trinajstić information content (AvgIpc) is 2.96. The van der Waals surface area contributed by atoms with Crippen molar-refractivity contribution in [3.05, 3.63) is 173 Å². The summed E-state index contributed by atoms with van der Waals surface area (Å²) in [6, 6.07) is 25.4. The Balaban J connectivity index is 1.92. The summed E-state index contributed by atoms with van der Waals surface area (Å²) in [6.45, 7) is 15.6. The molecule has 0 atom stereocenters. The molecule has 194 valence electrons. The lowest BCUT2D eigenvalue weighted by molar-refractivity contribution is 1.01. The number of aryl methyl sites for hydroxylation is 1. The third-order valence-electron chi connectivity index (χ3n) is 6.89.